The van der Waals surface area contributed by atoms with E-state index in [0.29, 0.717) is 25.3 Å². The van der Waals surface area contributed by atoms with Gasteiger partial charge in [0.05, 0.1) is 0 Å². The number of carbonyl (C=O) groups excluding carboxylic acids is 1. The third kappa shape index (κ3) is 3.83. The van der Waals surface area contributed by atoms with Crippen LogP contribution in [0.15, 0.2) is 36.7 Å². The highest BCUT2D eigenvalue weighted by molar-refractivity contribution is 5.75. The van der Waals surface area contributed by atoms with Crippen molar-refractivity contribution >= 4 is 5.91 Å². The Morgan fingerprint density at radius 3 is 3.08 bits per heavy atom. The standard InChI is InChI=1S/C16H19N7O/c1-2-14-17-7-9-23(14)8-6-15(24)18-11-12-4-3-5-13(10-12)16-19-21-22-20-16/h3-5,7,9-10H,2,6,8,11H2,1H3,(H,18,24)(H,19,20,21,22). The van der Waals surface area contributed by atoms with Crippen LogP contribution in [0.3, 0.4) is 0 Å². The minimum absolute atomic E-state index is 0.00992. The molecule has 0 atom stereocenters. The number of H-pyrrole nitrogens is 1. The summed E-state index contributed by atoms with van der Waals surface area (Å²) in [5, 5.41) is 16.8. The monoisotopic (exact) mass is 325 g/mol. The normalized spacial score (nSPS) is 10.7. The summed E-state index contributed by atoms with van der Waals surface area (Å²) in [5.41, 5.74) is 1.85. The molecule has 0 aliphatic heterocycles. The summed E-state index contributed by atoms with van der Waals surface area (Å²) >= 11 is 0. The number of aromatic nitrogens is 6. The van der Waals surface area contributed by atoms with Crippen LogP contribution < -0.4 is 5.32 Å². The molecule has 0 spiro atoms. The Hall–Kier alpha value is -3.03. The van der Waals surface area contributed by atoms with Gasteiger partial charge in [-0.1, -0.05) is 25.1 Å². The first-order valence-electron chi connectivity index (χ1n) is 7.85. The number of benzene rings is 1. The van der Waals surface area contributed by atoms with Crippen LogP contribution in [0.5, 0.6) is 0 Å². The van der Waals surface area contributed by atoms with Gasteiger partial charge in [-0.3, -0.25) is 4.79 Å². The topological polar surface area (TPSA) is 101 Å². The van der Waals surface area contributed by atoms with E-state index >= 15 is 0 Å². The van der Waals surface area contributed by atoms with E-state index in [9.17, 15) is 4.79 Å². The molecule has 24 heavy (non-hydrogen) atoms. The molecule has 2 N–H and O–H groups in total. The minimum atomic E-state index is 0.00992. The summed E-state index contributed by atoms with van der Waals surface area (Å²) in [4.78, 5) is 16.3. The first kappa shape index (κ1) is 15.9. The van der Waals surface area contributed by atoms with Gasteiger partial charge in [0.15, 0.2) is 0 Å². The molecular formula is C16H19N7O. The van der Waals surface area contributed by atoms with Crippen molar-refractivity contribution < 1.29 is 4.79 Å². The number of amides is 1. The molecule has 0 fully saturated rings. The van der Waals surface area contributed by atoms with Gasteiger partial charge in [0.25, 0.3) is 0 Å². The van der Waals surface area contributed by atoms with E-state index in [2.05, 4.69) is 37.8 Å². The van der Waals surface area contributed by atoms with Gasteiger partial charge in [-0.05, 0) is 16.8 Å². The largest absolute Gasteiger partial charge is 0.352 e. The van der Waals surface area contributed by atoms with Crippen LogP contribution in [0, 0.1) is 0 Å². The van der Waals surface area contributed by atoms with E-state index < -0.39 is 0 Å². The Kier molecular flexibility index (Phi) is 4.95. The number of hydrogen-bond donors (Lipinski definition) is 2. The number of rotatable bonds is 7. The summed E-state index contributed by atoms with van der Waals surface area (Å²) in [5.74, 6) is 1.54. The number of nitrogens with zero attached hydrogens (tertiary/aromatic N) is 5. The number of imidazole rings is 1. The minimum Gasteiger partial charge on any atom is -0.352 e. The zero-order valence-electron chi connectivity index (χ0n) is 13.4. The average Bonchev–Trinajstić information content (AvgIpc) is 3.29. The van der Waals surface area contributed by atoms with Crippen LogP contribution in [-0.2, 0) is 24.3 Å². The number of carbonyl (C=O) groups is 1. The molecule has 0 aliphatic rings. The molecule has 0 saturated carbocycles. The lowest BCUT2D eigenvalue weighted by Gasteiger charge is -2.08. The van der Waals surface area contributed by atoms with Crippen LogP contribution >= 0.6 is 0 Å². The van der Waals surface area contributed by atoms with E-state index in [1.807, 2.05) is 35.0 Å². The van der Waals surface area contributed by atoms with E-state index in [1.54, 1.807) is 6.20 Å². The van der Waals surface area contributed by atoms with Gasteiger partial charge in [0, 0.05) is 43.9 Å². The fraction of sp³-hybridized carbons (Fsp3) is 0.312. The predicted molar refractivity (Wildman–Crippen MR) is 87.7 cm³/mol. The molecule has 3 aromatic rings. The highest BCUT2D eigenvalue weighted by Crippen LogP contribution is 2.14. The van der Waals surface area contributed by atoms with Crippen LogP contribution in [-0.4, -0.2) is 36.1 Å². The summed E-state index contributed by atoms with van der Waals surface area (Å²) in [6.07, 6.45) is 4.95. The highest BCUT2D eigenvalue weighted by Gasteiger charge is 2.07. The van der Waals surface area contributed by atoms with Gasteiger partial charge < -0.3 is 9.88 Å². The first-order chi connectivity index (χ1) is 11.8. The smallest absolute Gasteiger partial charge is 0.222 e. The third-order valence-corrected chi connectivity index (χ3v) is 3.72. The molecule has 8 heteroatoms. The fourth-order valence-corrected chi connectivity index (χ4v) is 2.47. The van der Waals surface area contributed by atoms with Crippen molar-refractivity contribution in [3.63, 3.8) is 0 Å². The van der Waals surface area contributed by atoms with Crippen molar-refractivity contribution in [3.8, 4) is 11.4 Å². The van der Waals surface area contributed by atoms with Gasteiger partial charge in [-0.15, -0.1) is 10.2 Å². The second-order valence-electron chi connectivity index (χ2n) is 5.35. The Morgan fingerprint density at radius 1 is 1.38 bits per heavy atom. The number of aromatic amines is 1. The summed E-state index contributed by atoms with van der Waals surface area (Å²) in [6, 6.07) is 7.71. The Balaban J connectivity index is 1.52. The van der Waals surface area contributed by atoms with Gasteiger partial charge in [-0.2, -0.15) is 5.21 Å². The number of tetrazole rings is 1. The Bertz CT molecular complexity index is 794. The predicted octanol–water partition coefficient (Wildman–Crippen LogP) is 1.33. The zero-order chi connectivity index (χ0) is 16.8. The SMILES string of the molecule is CCc1nccn1CCC(=O)NCc1cccc(-c2nn[nH]n2)c1. The molecule has 2 heterocycles. The third-order valence-electron chi connectivity index (χ3n) is 3.72. The van der Waals surface area contributed by atoms with Gasteiger partial charge in [0.2, 0.25) is 11.7 Å². The maximum absolute atomic E-state index is 12.0. The van der Waals surface area contributed by atoms with Crippen LogP contribution in [0.25, 0.3) is 11.4 Å². The zero-order valence-corrected chi connectivity index (χ0v) is 13.4. The second-order valence-corrected chi connectivity index (χ2v) is 5.35. The Morgan fingerprint density at radius 2 is 2.29 bits per heavy atom. The molecule has 8 nitrogen and oxygen atoms in total. The van der Waals surface area contributed by atoms with Crippen molar-refractivity contribution in [2.75, 3.05) is 0 Å². The van der Waals surface area contributed by atoms with E-state index in [-0.39, 0.29) is 5.91 Å². The van der Waals surface area contributed by atoms with Gasteiger partial charge >= 0.3 is 0 Å². The molecule has 0 unspecified atom stereocenters. The lowest BCUT2D eigenvalue weighted by atomic mass is 10.1. The summed E-state index contributed by atoms with van der Waals surface area (Å²) in [6.45, 7) is 3.16. The number of aryl methyl sites for hydroxylation is 2. The highest BCUT2D eigenvalue weighted by atomic mass is 16.1. The Labute approximate surface area is 139 Å². The van der Waals surface area contributed by atoms with Crippen LogP contribution in [0.4, 0.5) is 0 Å². The lowest BCUT2D eigenvalue weighted by Crippen LogP contribution is -2.24. The van der Waals surface area contributed by atoms with Crippen LogP contribution in [0.1, 0.15) is 24.7 Å². The van der Waals surface area contributed by atoms with Gasteiger partial charge in [-0.25, -0.2) is 4.98 Å². The van der Waals surface area contributed by atoms with Crippen molar-refractivity contribution in [2.24, 2.45) is 0 Å². The van der Waals surface area contributed by atoms with Gasteiger partial charge in [0.1, 0.15) is 5.82 Å². The molecule has 124 valence electrons. The van der Waals surface area contributed by atoms with Crippen LogP contribution in [0.2, 0.25) is 0 Å². The maximum Gasteiger partial charge on any atom is 0.222 e. The fourth-order valence-electron chi connectivity index (χ4n) is 2.47. The molecular weight excluding hydrogens is 306 g/mol. The lowest BCUT2D eigenvalue weighted by molar-refractivity contribution is -0.121. The second kappa shape index (κ2) is 7.49. The molecule has 0 aliphatic carbocycles. The van der Waals surface area contributed by atoms with Crippen molar-refractivity contribution in [1.82, 2.24) is 35.5 Å². The molecule has 0 bridgehead atoms. The van der Waals surface area contributed by atoms with E-state index in [0.717, 1.165) is 23.4 Å². The molecule has 3 rings (SSSR count). The summed E-state index contributed by atoms with van der Waals surface area (Å²) in [7, 11) is 0. The van der Waals surface area contributed by atoms with E-state index in [1.165, 1.54) is 0 Å². The number of hydrogen-bond acceptors (Lipinski definition) is 5. The molecule has 0 saturated heterocycles. The molecule has 0 radical (unpaired) electrons. The first-order valence-corrected chi connectivity index (χ1v) is 7.85. The molecule has 2 aromatic heterocycles. The number of nitrogens with one attached hydrogen (secondary N) is 2. The molecule has 1 aromatic carbocycles. The molecule has 1 amide bonds. The summed E-state index contributed by atoms with van der Waals surface area (Å²) < 4.78 is 2.01. The average molecular weight is 325 g/mol. The maximum atomic E-state index is 12.0. The van der Waals surface area contributed by atoms with Crippen molar-refractivity contribution in [2.45, 2.75) is 32.9 Å². The quantitative estimate of drug-likeness (QED) is 0.682. The van der Waals surface area contributed by atoms with E-state index in [4.69, 9.17) is 0 Å². The van der Waals surface area contributed by atoms with Crippen molar-refractivity contribution in [3.05, 3.63) is 48.0 Å². The van der Waals surface area contributed by atoms with Crippen molar-refractivity contribution in [1.29, 1.82) is 0 Å².